The lowest BCUT2D eigenvalue weighted by atomic mass is 10.0. The summed E-state index contributed by atoms with van der Waals surface area (Å²) in [5.74, 6) is 1.18. The fourth-order valence-electron chi connectivity index (χ4n) is 4.11. The Kier molecular flexibility index (Phi) is 5.48. The van der Waals surface area contributed by atoms with Crippen LogP contribution in [0.1, 0.15) is 47.1 Å². The zero-order chi connectivity index (χ0) is 18.9. The third-order valence-corrected chi connectivity index (χ3v) is 11.6. The van der Waals surface area contributed by atoms with Gasteiger partial charge in [0, 0.05) is 10.9 Å². The normalized spacial score (nSPS) is 12.1. The molecule has 2 N–H and O–H groups in total. The molecular formula is C21H27FO2Si. The fourth-order valence-corrected chi connectivity index (χ4v) is 9.33. The maximum Gasteiger partial charge on any atom is 0.207 e. The lowest BCUT2D eigenvalue weighted by molar-refractivity contribution is 0.394. The van der Waals surface area contributed by atoms with Crippen molar-refractivity contribution in [2.45, 2.75) is 58.2 Å². The number of rotatable bonds is 3. The van der Waals surface area contributed by atoms with Gasteiger partial charge in [0.05, 0.1) is 0 Å². The van der Waals surface area contributed by atoms with E-state index in [0.29, 0.717) is 33.0 Å². The molecule has 25 heavy (non-hydrogen) atoms. The summed E-state index contributed by atoms with van der Waals surface area (Å²) in [5, 5.41) is 20.7. The highest BCUT2D eigenvalue weighted by Crippen LogP contribution is 2.41. The summed E-state index contributed by atoms with van der Waals surface area (Å²) in [4.78, 5) is 0. The molecule has 0 unspecified atom stereocenters. The van der Waals surface area contributed by atoms with Gasteiger partial charge in [-0.05, 0) is 34.1 Å². The highest BCUT2D eigenvalue weighted by atomic mass is 28.3. The predicted molar refractivity (Wildman–Crippen MR) is 105 cm³/mol. The first kappa shape index (κ1) is 19.3. The molecule has 0 saturated heterocycles. The van der Waals surface area contributed by atoms with Crippen molar-refractivity contribution in [1.82, 2.24) is 0 Å². The maximum absolute atomic E-state index is 14.0. The molecule has 0 atom stereocenters. The van der Waals surface area contributed by atoms with Crippen molar-refractivity contribution >= 4 is 18.8 Å². The van der Waals surface area contributed by atoms with Crippen LogP contribution >= 0.6 is 0 Å². The summed E-state index contributed by atoms with van der Waals surface area (Å²) in [6.45, 7) is 13.4. The summed E-state index contributed by atoms with van der Waals surface area (Å²) >= 11 is 0. The molecule has 0 heterocycles. The van der Waals surface area contributed by atoms with Crippen LogP contribution in [0.25, 0.3) is 10.8 Å². The van der Waals surface area contributed by atoms with Crippen LogP contribution in [-0.2, 0) is 0 Å². The van der Waals surface area contributed by atoms with Gasteiger partial charge < -0.3 is 10.2 Å². The van der Waals surface area contributed by atoms with E-state index >= 15 is 0 Å². The van der Waals surface area contributed by atoms with Crippen molar-refractivity contribution in [2.24, 2.45) is 0 Å². The summed E-state index contributed by atoms with van der Waals surface area (Å²) < 4.78 is 14.0. The molecule has 2 aromatic rings. The van der Waals surface area contributed by atoms with Gasteiger partial charge in [0.15, 0.2) is 11.5 Å². The molecule has 2 rings (SSSR count). The molecule has 0 radical (unpaired) electrons. The van der Waals surface area contributed by atoms with Crippen molar-refractivity contribution in [3.8, 4) is 23.0 Å². The van der Waals surface area contributed by atoms with E-state index in [2.05, 4.69) is 53.0 Å². The Morgan fingerprint density at radius 3 is 2.04 bits per heavy atom. The molecule has 2 aromatic carbocycles. The molecule has 0 aliphatic rings. The van der Waals surface area contributed by atoms with Crippen LogP contribution in [0.3, 0.4) is 0 Å². The third-order valence-electron chi connectivity index (χ3n) is 5.34. The van der Waals surface area contributed by atoms with Gasteiger partial charge in [-0.1, -0.05) is 59.6 Å². The molecular weight excluding hydrogens is 331 g/mol. The van der Waals surface area contributed by atoms with Crippen molar-refractivity contribution < 1.29 is 14.6 Å². The quantitative estimate of drug-likeness (QED) is 0.525. The monoisotopic (exact) mass is 358 g/mol. The molecule has 4 heteroatoms. The van der Waals surface area contributed by atoms with E-state index in [0.717, 1.165) is 0 Å². The number of fused-ring (bicyclic) bond motifs is 1. The van der Waals surface area contributed by atoms with E-state index in [4.69, 9.17) is 0 Å². The number of aromatic hydroxyl groups is 2. The van der Waals surface area contributed by atoms with Crippen LogP contribution in [-0.4, -0.2) is 18.3 Å². The van der Waals surface area contributed by atoms with Crippen LogP contribution in [0.2, 0.25) is 16.6 Å². The molecule has 0 aliphatic carbocycles. The van der Waals surface area contributed by atoms with Crippen LogP contribution < -0.4 is 0 Å². The first-order valence-corrected chi connectivity index (χ1v) is 11.0. The second-order valence-electron chi connectivity index (χ2n) is 7.61. The lowest BCUT2D eigenvalue weighted by Gasteiger charge is -2.38. The van der Waals surface area contributed by atoms with Gasteiger partial charge in [-0.3, -0.25) is 0 Å². The first-order valence-electron chi connectivity index (χ1n) is 8.79. The second-order valence-corrected chi connectivity index (χ2v) is 13.2. The topological polar surface area (TPSA) is 40.5 Å². The van der Waals surface area contributed by atoms with E-state index in [-0.39, 0.29) is 0 Å². The number of hydrogen-bond acceptors (Lipinski definition) is 2. The molecule has 0 spiro atoms. The number of halogens is 1. The molecule has 0 aromatic heterocycles. The largest absolute Gasteiger partial charge is 0.505 e. The van der Waals surface area contributed by atoms with Crippen molar-refractivity contribution in [3.63, 3.8) is 0 Å². The summed E-state index contributed by atoms with van der Waals surface area (Å²) in [7, 11) is -1.93. The van der Waals surface area contributed by atoms with Gasteiger partial charge in [-0.2, -0.15) is 4.39 Å². The van der Waals surface area contributed by atoms with Crippen molar-refractivity contribution in [2.75, 3.05) is 0 Å². The summed E-state index contributed by atoms with van der Waals surface area (Å²) in [5.41, 5.74) is 5.67. The molecule has 0 bridgehead atoms. The van der Waals surface area contributed by atoms with Crippen LogP contribution in [0.5, 0.6) is 11.5 Å². The minimum atomic E-state index is -1.93. The Hall–Kier alpha value is -1.99. The smallest absolute Gasteiger partial charge is 0.207 e. The molecule has 0 aliphatic heterocycles. The molecule has 2 nitrogen and oxygen atoms in total. The Morgan fingerprint density at radius 1 is 0.960 bits per heavy atom. The van der Waals surface area contributed by atoms with E-state index in [9.17, 15) is 14.6 Å². The maximum atomic E-state index is 14.0. The Labute approximate surface area is 150 Å². The predicted octanol–water partition coefficient (Wildman–Crippen LogP) is 5.96. The molecule has 0 saturated carbocycles. The highest BCUT2D eigenvalue weighted by molar-refractivity contribution is 6.90. The summed E-state index contributed by atoms with van der Waals surface area (Å²) in [6, 6.07) is 6.67. The number of phenolic OH excluding ortho intramolecular Hbond substituents is 2. The first-order chi connectivity index (χ1) is 11.6. The van der Waals surface area contributed by atoms with Crippen LogP contribution in [0.15, 0.2) is 24.3 Å². The zero-order valence-corrected chi connectivity index (χ0v) is 16.8. The van der Waals surface area contributed by atoms with Crippen LogP contribution in [0, 0.1) is 17.3 Å². The Bertz CT molecular complexity index is 823. The lowest BCUT2D eigenvalue weighted by Crippen LogP contribution is -2.43. The van der Waals surface area contributed by atoms with Gasteiger partial charge in [0.2, 0.25) is 5.82 Å². The van der Waals surface area contributed by atoms with E-state index in [1.165, 1.54) is 6.07 Å². The minimum Gasteiger partial charge on any atom is -0.505 e. The number of benzene rings is 2. The minimum absolute atomic E-state index is 0.365. The van der Waals surface area contributed by atoms with E-state index < -0.39 is 25.4 Å². The zero-order valence-electron chi connectivity index (χ0n) is 15.8. The Morgan fingerprint density at radius 2 is 1.52 bits per heavy atom. The Balaban J connectivity index is 2.73. The van der Waals surface area contributed by atoms with Gasteiger partial charge in [0.25, 0.3) is 0 Å². The molecule has 0 fully saturated rings. The van der Waals surface area contributed by atoms with E-state index in [1.807, 2.05) is 6.07 Å². The highest BCUT2D eigenvalue weighted by Gasteiger charge is 2.41. The standard InChI is InChI=1S/C21H27FO2Si/c1-13(2)25(14(3)4,15(5)6)11-10-16-8-7-9-17-12-18(23)20(22)21(24)19(16)17/h7-9,12-15,23-24H,1-6H3. The average molecular weight is 359 g/mol. The van der Waals surface area contributed by atoms with E-state index in [1.54, 1.807) is 12.1 Å². The molecule has 0 amide bonds. The average Bonchev–Trinajstić information content (AvgIpc) is 2.52. The number of hydrogen-bond donors (Lipinski definition) is 2. The van der Waals surface area contributed by atoms with Gasteiger partial charge >= 0.3 is 0 Å². The SMILES string of the molecule is CC(C)[Si](C#Cc1cccc2cc(O)c(F)c(O)c12)(C(C)C)C(C)C. The van der Waals surface area contributed by atoms with Gasteiger partial charge in [0.1, 0.15) is 8.07 Å². The fraction of sp³-hybridized carbons (Fsp3) is 0.429. The second kappa shape index (κ2) is 7.09. The third kappa shape index (κ3) is 3.26. The van der Waals surface area contributed by atoms with Crippen LogP contribution in [0.4, 0.5) is 4.39 Å². The van der Waals surface area contributed by atoms with Gasteiger partial charge in [-0.15, -0.1) is 5.54 Å². The number of phenols is 2. The van der Waals surface area contributed by atoms with Crippen molar-refractivity contribution in [3.05, 3.63) is 35.6 Å². The van der Waals surface area contributed by atoms with Crippen molar-refractivity contribution in [1.29, 1.82) is 0 Å². The molecule has 134 valence electrons. The van der Waals surface area contributed by atoms with Gasteiger partial charge in [-0.25, -0.2) is 0 Å². The summed E-state index contributed by atoms with van der Waals surface area (Å²) in [6.07, 6.45) is 0.